The van der Waals surface area contributed by atoms with Gasteiger partial charge in [0.2, 0.25) is 0 Å². The molecule has 0 spiro atoms. The molecule has 0 aliphatic rings. The topological polar surface area (TPSA) is 44.5 Å². The fraction of sp³-hybridized carbons (Fsp3) is 0.538. The van der Waals surface area contributed by atoms with Crippen molar-refractivity contribution in [1.29, 1.82) is 0 Å². The van der Waals surface area contributed by atoms with Gasteiger partial charge in [0.15, 0.2) is 0 Å². The van der Waals surface area contributed by atoms with Crippen molar-refractivity contribution in [1.82, 2.24) is 0 Å². The van der Waals surface area contributed by atoms with Crippen molar-refractivity contribution < 1.29 is 9.47 Å². The first-order chi connectivity index (χ1) is 8.69. The number of rotatable bonds is 8. The summed E-state index contributed by atoms with van der Waals surface area (Å²) in [6, 6.07) is 3.41. The van der Waals surface area contributed by atoms with Gasteiger partial charge in [-0.1, -0.05) is 36.5 Å². The van der Waals surface area contributed by atoms with Gasteiger partial charge in [0.05, 0.1) is 11.6 Å². The number of unbranched alkanes of at least 4 members (excludes halogenated alkanes) is 1. The Morgan fingerprint density at radius 1 is 1.17 bits per heavy atom. The molecule has 18 heavy (non-hydrogen) atoms. The minimum atomic E-state index is 0.340. The second-order valence-electron chi connectivity index (χ2n) is 3.89. The molecule has 0 unspecified atom stereocenters. The Balaban J connectivity index is 2.46. The molecule has 0 heterocycles. The van der Waals surface area contributed by atoms with E-state index in [2.05, 4.69) is 6.92 Å². The normalized spacial score (nSPS) is 10.7. The van der Waals surface area contributed by atoms with Crippen molar-refractivity contribution in [2.75, 3.05) is 19.8 Å². The summed E-state index contributed by atoms with van der Waals surface area (Å²) in [6.45, 7) is 4.23. The van der Waals surface area contributed by atoms with Gasteiger partial charge < -0.3 is 15.2 Å². The van der Waals surface area contributed by atoms with E-state index in [4.69, 9.17) is 38.4 Å². The lowest BCUT2D eigenvalue weighted by molar-refractivity contribution is 0.0978. The average Bonchev–Trinajstić information content (AvgIpc) is 2.35. The summed E-state index contributed by atoms with van der Waals surface area (Å²) < 4.78 is 11.0. The number of ether oxygens (including phenoxy) is 2. The summed E-state index contributed by atoms with van der Waals surface area (Å²) in [6.07, 6.45) is 2.19. The van der Waals surface area contributed by atoms with Gasteiger partial charge in [-0.05, 0) is 18.6 Å². The molecule has 1 aromatic rings. The molecule has 0 saturated carbocycles. The van der Waals surface area contributed by atoms with Crippen molar-refractivity contribution in [3.8, 4) is 5.75 Å². The maximum Gasteiger partial charge on any atom is 0.142 e. The Labute approximate surface area is 118 Å². The Morgan fingerprint density at radius 3 is 2.61 bits per heavy atom. The van der Waals surface area contributed by atoms with Crippen LogP contribution in [-0.4, -0.2) is 19.8 Å². The van der Waals surface area contributed by atoms with Crippen molar-refractivity contribution in [3.63, 3.8) is 0 Å². The van der Waals surface area contributed by atoms with Gasteiger partial charge in [-0.3, -0.25) is 0 Å². The van der Waals surface area contributed by atoms with Gasteiger partial charge in [0.25, 0.3) is 0 Å². The fourth-order valence-corrected chi connectivity index (χ4v) is 2.07. The Bertz CT molecular complexity index is 372. The third-order valence-corrected chi connectivity index (χ3v) is 2.92. The number of halogens is 2. The van der Waals surface area contributed by atoms with Gasteiger partial charge in [-0.25, -0.2) is 0 Å². The van der Waals surface area contributed by atoms with E-state index in [1.54, 1.807) is 12.1 Å². The van der Waals surface area contributed by atoms with E-state index in [0.29, 0.717) is 35.6 Å². The van der Waals surface area contributed by atoms with Crippen LogP contribution in [0.2, 0.25) is 10.0 Å². The van der Waals surface area contributed by atoms with Gasteiger partial charge >= 0.3 is 0 Å². The van der Waals surface area contributed by atoms with E-state index in [-0.39, 0.29) is 0 Å². The first-order valence-corrected chi connectivity index (χ1v) is 6.83. The molecule has 0 fully saturated rings. The SMILES string of the molecule is CCCCOCCOc1c(Cl)cc(Cl)cc1CN. The summed E-state index contributed by atoms with van der Waals surface area (Å²) in [5.74, 6) is 0.600. The average molecular weight is 292 g/mol. The van der Waals surface area contributed by atoms with E-state index < -0.39 is 0 Å². The highest BCUT2D eigenvalue weighted by molar-refractivity contribution is 6.35. The standard InChI is InChI=1S/C13H19Cl2NO2/c1-2-3-4-17-5-6-18-13-10(9-16)7-11(14)8-12(13)15/h7-8H,2-6,9,16H2,1H3. The monoisotopic (exact) mass is 291 g/mol. The second kappa shape index (κ2) is 8.59. The third kappa shape index (κ3) is 5.02. The molecular weight excluding hydrogens is 273 g/mol. The summed E-state index contributed by atoms with van der Waals surface area (Å²) in [5.41, 5.74) is 6.44. The molecule has 0 bridgehead atoms. The molecule has 5 heteroatoms. The Hall–Kier alpha value is -0.480. The quantitative estimate of drug-likeness (QED) is 0.744. The van der Waals surface area contributed by atoms with Crippen molar-refractivity contribution >= 4 is 23.2 Å². The maximum atomic E-state index is 6.07. The minimum Gasteiger partial charge on any atom is -0.489 e. The molecule has 1 aromatic carbocycles. The van der Waals surface area contributed by atoms with E-state index in [1.165, 1.54) is 0 Å². The van der Waals surface area contributed by atoms with Crippen LogP contribution in [0, 0.1) is 0 Å². The molecule has 0 aromatic heterocycles. The van der Waals surface area contributed by atoms with Crippen LogP contribution in [0.25, 0.3) is 0 Å². The van der Waals surface area contributed by atoms with Crippen molar-refractivity contribution in [2.24, 2.45) is 5.73 Å². The van der Waals surface area contributed by atoms with Crippen LogP contribution in [0.4, 0.5) is 0 Å². The molecule has 0 aliphatic heterocycles. The van der Waals surface area contributed by atoms with Gasteiger partial charge in [0.1, 0.15) is 12.4 Å². The van der Waals surface area contributed by atoms with Crippen LogP contribution in [0.5, 0.6) is 5.75 Å². The lowest BCUT2D eigenvalue weighted by atomic mass is 10.2. The Kier molecular flexibility index (Phi) is 7.44. The van der Waals surface area contributed by atoms with Gasteiger partial charge in [-0.15, -0.1) is 0 Å². The van der Waals surface area contributed by atoms with E-state index in [1.807, 2.05) is 0 Å². The van der Waals surface area contributed by atoms with Crippen LogP contribution >= 0.6 is 23.2 Å². The molecule has 1 rings (SSSR count). The number of hydrogen-bond acceptors (Lipinski definition) is 3. The summed E-state index contributed by atoms with van der Waals surface area (Å²) in [7, 11) is 0. The largest absolute Gasteiger partial charge is 0.489 e. The molecule has 0 aliphatic carbocycles. The Morgan fingerprint density at radius 2 is 1.94 bits per heavy atom. The first kappa shape index (κ1) is 15.6. The zero-order valence-electron chi connectivity index (χ0n) is 10.5. The maximum absolute atomic E-state index is 6.07. The van der Waals surface area contributed by atoms with Crippen LogP contribution in [-0.2, 0) is 11.3 Å². The summed E-state index contributed by atoms with van der Waals surface area (Å²) >= 11 is 12.0. The lowest BCUT2D eigenvalue weighted by Crippen LogP contribution is -2.10. The number of hydrogen-bond donors (Lipinski definition) is 1. The lowest BCUT2D eigenvalue weighted by Gasteiger charge is -2.13. The smallest absolute Gasteiger partial charge is 0.142 e. The molecular formula is C13H19Cl2NO2. The molecule has 0 radical (unpaired) electrons. The minimum absolute atomic E-state index is 0.340. The van der Waals surface area contributed by atoms with Crippen LogP contribution in [0.1, 0.15) is 25.3 Å². The van der Waals surface area contributed by atoms with Crippen LogP contribution in [0.3, 0.4) is 0 Å². The van der Waals surface area contributed by atoms with Gasteiger partial charge in [0, 0.05) is 23.7 Å². The van der Waals surface area contributed by atoms with Crippen molar-refractivity contribution in [3.05, 3.63) is 27.7 Å². The van der Waals surface area contributed by atoms with E-state index >= 15 is 0 Å². The molecule has 3 nitrogen and oxygen atoms in total. The van der Waals surface area contributed by atoms with Gasteiger partial charge in [-0.2, -0.15) is 0 Å². The fourth-order valence-electron chi connectivity index (χ4n) is 1.48. The molecule has 2 N–H and O–H groups in total. The zero-order chi connectivity index (χ0) is 13.4. The second-order valence-corrected chi connectivity index (χ2v) is 4.74. The highest BCUT2D eigenvalue weighted by atomic mass is 35.5. The summed E-state index contributed by atoms with van der Waals surface area (Å²) in [4.78, 5) is 0. The molecule has 0 saturated heterocycles. The molecule has 0 atom stereocenters. The van der Waals surface area contributed by atoms with E-state index in [9.17, 15) is 0 Å². The van der Waals surface area contributed by atoms with Crippen molar-refractivity contribution in [2.45, 2.75) is 26.3 Å². The third-order valence-electron chi connectivity index (χ3n) is 2.42. The predicted octanol–water partition coefficient (Wildman–Crippen LogP) is 3.65. The van der Waals surface area contributed by atoms with Crippen LogP contribution < -0.4 is 10.5 Å². The highest BCUT2D eigenvalue weighted by Gasteiger charge is 2.09. The summed E-state index contributed by atoms with van der Waals surface area (Å²) in [5, 5.41) is 1.04. The molecule has 0 amide bonds. The zero-order valence-corrected chi connectivity index (χ0v) is 12.1. The first-order valence-electron chi connectivity index (χ1n) is 6.07. The highest BCUT2D eigenvalue weighted by Crippen LogP contribution is 2.32. The number of benzene rings is 1. The predicted molar refractivity (Wildman–Crippen MR) is 75.6 cm³/mol. The molecule has 102 valence electrons. The number of nitrogens with two attached hydrogens (primary N) is 1. The van der Waals surface area contributed by atoms with E-state index in [0.717, 1.165) is 25.0 Å². The van der Waals surface area contributed by atoms with Crippen LogP contribution in [0.15, 0.2) is 12.1 Å².